The summed E-state index contributed by atoms with van der Waals surface area (Å²) in [5, 5.41) is 2.68. The van der Waals surface area contributed by atoms with E-state index in [4.69, 9.17) is 0 Å². The molecule has 3 nitrogen and oxygen atoms in total. The lowest BCUT2D eigenvalue weighted by atomic mass is 10.2. The van der Waals surface area contributed by atoms with Gasteiger partial charge in [-0.2, -0.15) is 12.6 Å². The van der Waals surface area contributed by atoms with Gasteiger partial charge in [-0.1, -0.05) is 12.1 Å². The van der Waals surface area contributed by atoms with E-state index in [0.29, 0.717) is 27.6 Å². The average Bonchev–Trinajstić information content (AvgIpc) is 2.93. The van der Waals surface area contributed by atoms with Crippen LogP contribution in [0.25, 0.3) is 10.4 Å². The van der Waals surface area contributed by atoms with Crippen LogP contribution < -0.4 is 10.1 Å². The number of alkyl halides is 3. The SMILES string of the molecule is O=C(NCCS)c1ccc(-c2cccc(OC(F)(F)F)c2)s1. The van der Waals surface area contributed by atoms with Crippen molar-refractivity contribution in [1.29, 1.82) is 0 Å². The minimum atomic E-state index is -4.73. The van der Waals surface area contributed by atoms with E-state index in [-0.39, 0.29) is 11.7 Å². The lowest BCUT2D eigenvalue weighted by Gasteiger charge is -2.09. The van der Waals surface area contributed by atoms with Crippen molar-refractivity contribution >= 4 is 29.9 Å². The Morgan fingerprint density at radius 1 is 1.27 bits per heavy atom. The molecular formula is C14H12F3NO2S2. The number of rotatable bonds is 5. The lowest BCUT2D eigenvalue weighted by Crippen LogP contribution is -2.24. The normalized spacial score (nSPS) is 11.3. The minimum absolute atomic E-state index is 0.229. The number of hydrogen-bond donors (Lipinski definition) is 2. The molecule has 0 aliphatic heterocycles. The highest BCUT2D eigenvalue weighted by Gasteiger charge is 2.31. The van der Waals surface area contributed by atoms with Crippen LogP contribution >= 0.6 is 24.0 Å². The van der Waals surface area contributed by atoms with Crippen LogP contribution in [0.5, 0.6) is 5.75 Å². The largest absolute Gasteiger partial charge is 0.573 e. The van der Waals surface area contributed by atoms with Crippen LogP contribution in [0.15, 0.2) is 36.4 Å². The van der Waals surface area contributed by atoms with Crippen LogP contribution in [0.4, 0.5) is 13.2 Å². The van der Waals surface area contributed by atoms with Crippen LogP contribution in [0, 0.1) is 0 Å². The molecule has 1 aromatic heterocycles. The van der Waals surface area contributed by atoms with E-state index in [2.05, 4.69) is 22.7 Å². The number of thiol groups is 1. The maximum Gasteiger partial charge on any atom is 0.573 e. The molecule has 118 valence electrons. The predicted octanol–water partition coefficient (Wildman–Crippen LogP) is 3.97. The van der Waals surface area contributed by atoms with Crippen molar-refractivity contribution in [1.82, 2.24) is 5.32 Å². The van der Waals surface area contributed by atoms with Gasteiger partial charge in [0.15, 0.2) is 0 Å². The smallest absolute Gasteiger partial charge is 0.406 e. The van der Waals surface area contributed by atoms with E-state index in [1.54, 1.807) is 18.2 Å². The monoisotopic (exact) mass is 347 g/mol. The van der Waals surface area contributed by atoms with E-state index < -0.39 is 6.36 Å². The number of thiophene rings is 1. The molecule has 0 bridgehead atoms. The van der Waals surface area contributed by atoms with Crippen molar-refractivity contribution < 1.29 is 22.7 Å². The van der Waals surface area contributed by atoms with Gasteiger partial charge < -0.3 is 10.1 Å². The molecule has 1 heterocycles. The molecule has 0 unspecified atom stereocenters. The molecule has 1 N–H and O–H groups in total. The Morgan fingerprint density at radius 3 is 2.73 bits per heavy atom. The Labute approximate surface area is 134 Å². The Morgan fingerprint density at radius 2 is 2.05 bits per heavy atom. The van der Waals surface area contributed by atoms with Gasteiger partial charge in [-0.3, -0.25) is 4.79 Å². The number of benzene rings is 1. The van der Waals surface area contributed by atoms with Crippen molar-refractivity contribution in [3.05, 3.63) is 41.3 Å². The number of hydrogen-bond acceptors (Lipinski definition) is 4. The van der Waals surface area contributed by atoms with E-state index in [1.807, 2.05) is 0 Å². The molecule has 1 amide bonds. The van der Waals surface area contributed by atoms with E-state index >= 15 is 0 Å². The molecule has 0 aliphatic rings. The summed E-state index contributed by atoms with van der Waals surface area (Å²) in [6.45, 7) is 0.448. The number of carbonyl (C=O) groups is 1. The molecule has 0 aliphatic carbocycles. The number of halogens is 3. The molecule has 22 heavy (non-hydrogen) atoms. The maximum absolute atomic E-state index is 12.2. The third-order valence-electron chi connectivity index (χ3n) is 2.58. The Kier molecular flexibility index (Phi) is 5.36. The van der Waals surface area contributed by atoms with E-state index in [1.165, 1.54) is 29.5 Å². The molecule has 2 aromatic rings. The number of carbonyl (C=O) groups excluding carboxylic acids is 1. The van der Waals surface area contributed by atoms with Gasteiger partial charge in [0, 0.05) is 17.2 Å². The predicted molar refractivity (Wildman–Crippen MR) is 82.6 cm³/mol. The second-order valence-electron chi connectivity index (χ2n) is 4.22. The van der Waals surface area contributed by atoms with Gasteiger partial charge in [-0.15, -0.1) is 24.5 Å². The first kappa shape index (κ1) is 16.7. The third-order valence-corrected chi connectivity index (χ3v) is 3.94. The highest BCUT2D eigenvalue weighted by molar-refractivity contribution is 7.80. The summed E-state index contributed by atoms with van der Waals surface area (Å²) in [5.41, 5.74) is 0.556. The summed E-state index contributed by atoms with van der Waals surface area (Å²) >= 11 is 5.20. The van der Waals surface area contributed by atoms with Crippen molar-refractivity contribution in [2.75, 3.05) is 12.3 Å². The van der Waals surface area contributed by atoms with Crippen molar-refractivity contribution in [2.45, 2.75) is 6.36 Å². The van der Waals surface area contributed by atoms with Crippen molar-refractivity contribution in [2.24, 2.45) is 0 Å². The van der Waals surface area contributed by atoms with Gasteiger partial charge >= 0.3 is 6.36 Å². The first-order valence-electron chi connectivity index (χ1n) is 6.24. The van der Waals surface area contributed by atoms with Crippen LogP contribution in [0.3, 0.4) is 0 Å². The molecular weight excluding hydrogens is 335 g/mol. The number of nitrogens with one attached hydrogen (secondary N) is 1. The van der Waals surface area contributed by atoms with Gasteiger partial charge in [-0.05, 0) is 29.8 Å². The second kappa shape index (κ2) is 7.06. The lowest BCUT2D eigenvalue weighted by molar-refractivity contribution is -0.274. The standard InChI is InChI=1S/C14H12F3NO2S2/c15-14(16,17)20-10-3-1-2-9(8-10)11-4-5-12(22-11)13(19)18-6-7-21/h1-5,8,21H,6-7H2,(H,18,19). The average molecular weight is 347 g/mol. The van der Waals surface area contributed by atoms with Crippen molar-refractivity contribution in [3.8, 4) is 16.2 Å². The Bertz CT molecular complexity index is 656. The van der Waals surface area contributed by atoms with Gasteiger partial charge in [0.25, 0.3) is 5.91 Å². The topological polar surface area (TPSA) is 38.3 Å². The fourth-order valence-electron chi connectivity index (χ4n) is 1.72. The number of ether oxygens (including phenoxy) is 1. The van der Waals surface area contributed by atoms with E-state index in [0.717, 1.165) is 0 Å². The zero-order valence-corrected chi connectivity index (χ0v) is 12.9. The summed E-state index contributed by atoms with van der Waals surface area (Å²) < 4.78 is 40.6. The summed E-state index contributed by atoms with van der Waals surface area (Å²) in [6, 6.07) is 8.96. The van der Waals surface area contributed by atoms with Crippen LogP contribution in [-0.4, -0.2) is 24.6 Å². The Hall–Kier alpha value is -1.67. The minimum Gasteiger partial charge on any atom is -0.406 e. The first-order chi connectivity index (χ1) is 10.4. The van der Waals surface area contributed by atoms with Gasteiger partial charge in [0.1, 0.15) is 5.75 Å². The van der Waals surface area contributed by atoms with Crippen LogP contribution in [-0.2, 0) is 0 Å². The molecule has 0 spiro atoms. The Balaban J connectivity index is 2.17. The molecule has 0 radical (unpaired) electrons. The highest BCUT2D eigenvalue weighted by Crippen LogP contribution is 2.32. The molecule has 0 atom stereocenters. The van der Waals surface area contributed by atoms with Crippen LogP contribution in [0.1, 0.15) is 9.67 Å². The summed E-state index contributed by atoms with van der Waals surface area (Å²) in [4.78, 5) is 13.0. The van der Waals surface area contributed by atoms with Crippen LogP contribution in [0.2, 0.25) is 0 Å². The third kappa shape index (κ3) is 4.67. The fourth-order valence-corrected chi connectivity index (χ4v) is 2.75. The zero-order valence-electron chi connectivity index (χ0n) is 11.2. The summed E-state index contributed by atoms with van der Waals surface area (Å²) in [6.07, 6.45) is -4.73. The molecule has 0 saturated heterocycles. The highest BCUT2D eigenvalue weighted by atomic mass is 32.1. The van der Waals surface area contributed by atoms with E-state index in [9.17, 15) is 18.0 Å². The molecule has 0 saturated carbocycles. The molecule has 2 rings (SSSR count). The fraction of sp³-hybridized carbons (Fsp3) is 0.214. The van der Waals surface area contributed by atoms with Gasteiger partial charge in [0.2, 0.25) is 0 Å². The van der Waals surface area contributed by atoms with Crippen molar-refractivity contribution in [3.63, 3.8) is 0 Å². The summed E-state index contributed by atoms with van der Waals surface area (Å²) in [5.74, 6) is 0.00771. The quantitative estimate of drug-likeness (QED) is 0.803. The van der Waals surface area contributed by atoms with Gasteiger partial charge in [0.05, 0.1) is 4.88 Å². The number of amides is 1. The molecule has 0 fully saturated rings. The zero-order chi connectivity index (χ0) is 16.2. The maximum atomic E-state index is 12.2. The summed E-state index contributed by atoms with van der Waals surface area (Å²) in [7, 11) is 0. The molecule has 1 aromatic carbocycles. The molecule has 8 heteroatoms. The first-order valence-corrected chi connectivity index (χ1v) is 7.69. The van der Waals surface area contributed by atoms with Gasteiger partial charge in [-0.25, -0.2) is 0 Å². The second-order valence-corrected chi connectivity index (χ2v) is 5.75.